The van der Waals surface area contributed by atoms with Crippen molar-refractivity contribution in [3.63, 3.8) is 0 Å². The molecule has 1 aromatic heterocycles. The molecule has 1 saturated heterocycles. The third-order valence-corrected chi connectivity index (χ3v) is 6.10. The highest BCUT2D eigenvalue weighted by Crippen LogP contribution is 2.28. The van der Waals surface area contributed by atoms with Gasteiger partial charge >= 0.3 is 0 Å². The second-order valence-electron chi connectivity index (χ2n) is 8.11. The monoisotopic (exact) mass is 378 g/mol. The number of hydrogen-bond donors (Lipinski definition) is 1. The largest absolute Gasteiger partial charge is 0.307 e. The second-order valence-corrected chi connectivity index (χ2v) is 8.11. The lowest BCUT2D eigenvalue weighted by Gasteiger charge is -2.35. The average molecular weight is 379 g/mol. The molecule has 1 aliphatic heterocycles. The van der Waals surface area contributed by atoms with Crippen LogP contribution in [0.5, 0.6) is 0 Å². The van der Waals surface area contributed by atoms with Gasteiger partial charge in [0.05, 0.1) is 12.2 Å². The SMILES string of the molecule is Cc1ccccc1C(=O)Nc1ccnn1C1CCN(C[C@@H]2CC=CCC2)CC1. The highest BCUT2D eigenvalue weighted by Gasteiger charge is 2.25. The number of rotatable bonds is 5. The van der Waals surface area contributed by atoms with Crippen molar-refractivity contribution in [2.24, 2.45) is 5.92 Å². The molecule has 1 aromatic carbocycles. The Labute approximate surface area is 167 Å². The minimum Gasteiger partial charge on any atom is -0.307 e. The molecular formula is C23H30N4O. The van der Waals surface area contributed by atoms with E-state index >= 15 is 0 Å². The number of nitrogens with zero attached hydrogens (tertiary/aromatic N) is 3. The van der Waals surface area contributed by atoms with E-state index in [9.17, 15) is 4.79 Å². The van der Waals surface area contributed by atoms with E-state index in [0.29, 0.717) is 11.6 Å². The van der Waals surface area contributed by atoms with Gasteiger partial charge in [-0.3, -0.25) is 4.79 Å². The van der Waals surface area contributed by atoms with Gasteiger partial charge in [0.2, 0.25) is 0 Å². The summed E-state index contributed by atoms with van der Waals surface area (Å²) >= 11 is 0. The number of piperidine rings is 1. The highest BCUT2D eigenvalue weighted by atomic mass is 16.1. The van der Waals surface area contributed by atoms with Crippen LogP contribution in [0.1, 0.15) is 54.1 Å². The van der Waals surface area contributed by atoms with Gasteiger partial charge in [-0.2, -0.15) is 5.10 Å². The molecule has 2 aliphatic rings. The van der Waals surface area contributed by atoms with Gasteiger partial charge in [-0.25, -0.2) is 4.68 Å². The van der Waals surface area contributed by atoms with Gasteiger partial charge < -0.3 is 10.2 Å². The number of amides is 1. The van der Waals surface area contributed by atoms with Crippen LogP contribution in [-0.4, -0.2) is 40.2 Å². The first kappa shape index (κ1) is 18.9. The molecule has 1 aliphatic carbocycles. The summed E-state index contributed by atoms with van der Waals surface area (Å²) in [6.45, 7) is 5.39. The summed E-state index contributed by atoms with van der Waals surface area (Å²) in [5.41, 5.74) is 1.70. The first-order valence-corrected chi connectivity index (χ1v) is 10.5. The number of aryl methyl sites for hydroxylation is 1. The van der Waals surface area contributed by atoms with Gasteiger partial charge in [0, 0.05) is 31.3 Å². The Balaban J connectivity index is 1.35. The molecule has 2 heterocycles. The summed E-state index contributed by atoms with van der Waals surface area (Å²) in [7, 11) is 0. The molecule has 0 unspecified atom stereocenters. The van der Waals surface area contributed by atoms with Crippen LogP contribution in [0.2, 0.25) is 0 Å². The summed E-state index contributed by atoms with van der Waals surface area (Å²) in [6, 6.07) is 9.93. The van der Waals surface area contributed by atoms with Gasteiger partial charge in [0.25, 0.3) is 5.91 Å². The lowest BCUT2D eigenvalue weighted by atomic mass is 9.93. The highest BCUT2D eigenvalue weighted by molar-refractivity contribution is 6.04. The van der Waals surface area contributed by atoms with Crippen molar-refractivity contribution >= 4 is 11.7 Å². The van der Waals surface area contributed by atoms with Crippen LogP contribution in [0.4, 0.5) is 5.82 Å². The third-order valence-electron chi connectivity index (χ3n) is 6.10. The topological polar surface area (TPSA) is 50.2 Å². The van der Waals surface area contributed by atoms with Crippen molar-refractivity contribution in [1.29, 1.82) is 0 Å². The molecule has 0 saturated carbocycles. The Kier molecular flexibility index (Phi) is 5.91. The molecule has 1 amide bonds. The number of anilines is 1. The third kappa shape index (κ3) is 4.36. The summed E-state index contributed by atoms with van der Waals surface area (Å²) in [5.74, 6) is 1.54. The fourth-order valence-corrected chi connectivity index (χ4v) is 4.45. The zero-order chi connectivity index (χ0) is 19.3. The maximum Gasteiger partial charge on any atom is 0.257 e. The maximum absolute atomic E-state index is 12.7. The van der Waals surface area contributed by atoms with Crippen LogP contribution < -0.4 is 5.32 Å². The van der Waals surface area contributed by atoms with E-state index in [1.165, 1.54) is 25.8 Å². The van der Waals surface area contributed by atoms with E-state index in [-0.39, 0.29) is 5.91 Å². The zero-order valence-corrected chi connectivity index (χ0v) is 16.7. The molecule has 28 heavy (non-hydrogen) atoms. The summed E-state index contributed by atoms with van der Waals surface area (Å²) in [6.07, 6.45) is 12.4. The molecule has 4 rings (SSSR count). The molecule has 1 fully saturated rings. The molecule has 0 spiro atoms. The summed E-state index contributed by atoms with van der Waals surface area (Å²) in [4.78, 5) is 15.3. The lowest BCUT2D eigenvalue weighted by molar-refractivity contribution is 0.102. The average Bonchev–Trinajstić information content (AvgIpc) is 3.18. The Morgan fingerprint density at radius 3 is 2.71 bits per heavy atom. The predicted octanol–water partition coefficient (Wildman–Crippen LogP) is 4.44. The van der Waals surface area contributed by atoms with E-state index in [0.717, 1.165) is 43.2 Å². The smallest absolute Gasteiger partial charge is 0.257 e. The minimum absolute atomic E-state index is 0.0670. The van der Waals surface area contributed by atoms with Crippen LogP contribution in [0.3, 0.4) is 0 Å². The molecule has 1 atom stereocenters. The van der Waals surface area contributed by atoms with Gasteiger partial charge in [-0.05, 0) is 56.6 Å². The van der Waals surface area contributed by atoms with Crippen LogP contribution >= 0.6 is 0 Å². The lowest BCUT2D eigenvalue weighted by Crippen LogP contribution is -2.38. The maximum atomic E-state index is 12.7. The fraction of sp³-hybridized carbons (Fsp3) is 0.478. The first-order chi connectivity index (χ1) is 13.7. The molecule has 148 valence electrons. The van der Waals surface area contributed by atoms with E-state index in [1.54, 1.807) is 6.20 Å². The molecule has 0 radical (unpaired) electrons. The number of allylic oxidation sites excluding steroid dienone is 2. The van der Waals surface area contributed by atoms with Crippen molar-refractivity contribution in [1.82, 2.24) is 14.7 Å². The number of carbonyl (C=O) groups is 1. The second kappa shape index (κ2) is 8.74. The summed E-state index contributed by atoms with van der Waals surface area (Å²) < 4.78 is 2.01. The van der Waals surface area contributed by atoms with Crippen molar-refractivity contribution in [3.8, 4) is 0 Å². The van der Waals surface area contributed by atoms with Crippen molar-refractivity contribution in [3.05, 3.63) is 59.8 Å². The molecule has 5 heteroatoms. The van der Waals surface area contributed by atoms with E-state index < -0.39 is 0 Å². The number of likely N-dealkylation sites (tertiary alicyclic amines) is 1. The van der Waals surface area contributed by atoms with Gasteiger partial charge in [0.1, 0.15) is 5.82 Å². The predicted molar refractivity (Wildman–Crippen MR) is 113 cm³/mol. The normalized spacial score (nSPS) is 21.0. The zero-order valence-electron chi connectivity index (χ0n) is 16.7. The van der Waals surface area contributed by atoms with Crippen LogP contribution in [0.25, 0.3) is 0 Å². The summed E-state index contributed by atoms with van der Waals surface area (Å²) in [5, 5.41) is 7.59. The van der Waals surface area contributed by atoms with Crippen LogP contribution in [-0.2, 0) is 0 Å². The molecule has 0 bridgehead atoms. The number of aromatic nitrogens is 2. The minimum atomic E-state index is -0.0670. The van der Waals surface area contributed by atoms with Crippen molar-refractivity contribution in [2.75, 3.05) is 25.0 Å². The van der Waals surface area contributed by atoms with Crippen LogP contribution in [0, 0.1) is 12.8 Å². The van der Waals surface area contributed by atoms with Gasteiger partial charge in [-0.1, -0.05) is 30.4 Å². The van der Waals surface area contributed by atoms with Gasteiger partial charge in [0.15, 0.2) is 0 Å². The standard InChI is InChI=1S/C23H30N4O/c1-18-7-5-6-10-21(18)23(28)25-22-11-14-24-27(22)20-12-15-26(16-13-20)17-19-8-3-2-4-9-19/h2-3,5-7,10-11,14,19-20H,4,8-9,12-13,15-17H2,1H3,(H,25,28)/t19-/m1/s1. The number of carbonyl (C=O) groups excluding carboxylic acids is 1. The van der Waals surface area contributed by atoms with Gasteiger partial charge in [-0.15, -0.1) is 0 Å². The van der Waals surface area contributed by atoms with Crippen molar-refractivity contribution < 1.29 is 4.79 Å². The number of benzene rings is 1. The molecule has 1 N–H and O–H groups in total. The van der Waals surface area contributed by atoms with E-state index in [2.05, 4.69) is 27.5 Å². The molecular weight excluding hydrogens is 348 g/mol. The number of hydrogen-bond acceptors (Lipinski definition) is 3. The molecule has 5 nitrogen and oxygen atoms in total. The fourth-order valence-electron chi connectivity index (χ4n) is 4.45. The van der Waals surface area contributed by atoms with E-state index in [4.69, 9.17) is 0 Å². The van der Waals surface area contributed by atoms with Crippen molar-refractivity contribution in [2.45, 2.75) is 45.1 Å². The Hall–Kier alpha value is -2.40. The Morgan fingerprint density at radius 2 is 1.96 bits per heavy atom. The van der Waals surface area contributed by atoms with E-state index in [1.807, 2.05) is 41.9 Å². The first-order valence-electron chi connectivity index (χ1n) is 10.5. The number of nitrogens with one attached hydrogen (secondary N) is 1. The Morgan fingerprint density at radius 1 is 1.14 bits per heavy atom. The Bertz CT molecular complexity index is 833. The quantitative estimate of drug-likeness (QED) is 0.783. The van der Waals surface area contributed by atoms with Crippen LogP contribution in [0.15, 0.2) is 48.7 Å². The molecule has 2 aromatic rings.